The predicted molar refractivity (Wildman–Crippen MR) is 76.5 cm³/mol. The third-order valence-electron chi connectivity index (χ3n) is 3.25. The average Bonchev–Trinajstić information content (AvgIpc) is 2.48. The van der Waals surface area contributed by atoms with Crippen LogP contribution in [0.25, 0.3) is 0 Å². The molecule has 4 heteroatoms. The molecule has 0 N–H and O–H groups in total. The van der Waals surface area contributed by atoms with Crippen LogP contribution in [0.2, 0.25) is 0 Å². The Morgan fingerprint density at radius 2 is 2.32 bits per heavy atom. The van der Waals surface area contributed by atoms with Crippen LogP contribution in [0.4, 0.5) is 0 Å². The minimum Gasteiger partial charge on any atom is -0.380 e. The van der Waals surface area contributed by atoms with Crippen molar-refractivity contribution < 1.29 is 9.53 Å². The fourth-order valence-corrected chi connectivity index (χ4v) is 2.35. The maximum atomic E-state index is 12.4. The van der Waals surface area contributed by atoms with E-state index in [0.29, 0.717) is 24.6 Å². The van der Waals surface area contributed by atoms with Crippen molar-refractivity contribution in [3.8, 4) is 0 Å². The largest absolute Gasteiger partial charge is 0.380 e. The van der Waals surface area contributed by atoms with E-state index < -0.39 is 0 Å². The highest BCUT2D eigenvalue weighted by Crippen LogP contribution is 2.15. The first-order valence-electron chi connectivity index (χ1n) is 6.35. The van der Waals surface area contributed by atoms with E-state index in [9.17, 15) is 4.79 Å². The molecule has 1 aromatic rings. The van der Waals surface area contributed by atoms with Crippen LogP contribution in [0.1, 0.15) is 22.3 Å². The first kappa shape index (κ1) is 14.1. The van der Waals surface area contributed by atoms with Gasteiger partial charge in [0, 0.05) is 31.6 Å². The standard InChI is InChI=1S/C15H18ClNO2/c1-19-11-12-5-7-17(8-6-12)15(18)14-4-2-3-13(9-14)10-16/h2-5,9H,6-8,10-11H2,1H3. The maximum absolute atomic E-state index is 12.4. The van der Waals surface area contributed by atoms with Crippen LogP contribution in [0.5, 0.6) is 0 Å². The van der Waals surface area contributed by atoms with Gasteiger partial charge in [0.1, 0.15) is 0 Å². The number of carbonyl (C=O) groups excluding carboxylic acids is 1. The number of hydrogen-bond donors (Lipinski definition) is 0. The molecule has 0 aliphatic carbocycles. The molecule has 3 nitrogen and oxygen atoms in total. The average molecular weight is 280 g/mol. The van der Waals surface area contributed by atoms with Crippen molar-refractivity contribution in [2.45, 2.75) is 12.3 Å². The third-order valence-corrected chi connectivity index (χ3v) is 3.56. The minimum absolute atomic E-state index is 0.0692. The van der Waals surface area contributed by atoms with Crippen molar-refractivity contribution in [3.05, 3.63) is 47.0 Å². The topological polar surface area (TPSA) is 29.5 Å². The number of nitrogens with zero attached hydrogens (tertiary/aromatic N) is 1. The molecule has 1 aromatic carbocycles. The van der Waals surface area contributed by atoms with Gasteiger partial charge in [0.25, 0.3) is 5.91 Å². The predicted octanol–water partition coefficient (Wildman–Crippen LogP) is 2.84. The van der Waals surface area contributed by atoms with Gasteiger partial charge in [-0.3, -0.25) is 4.79 Å². The van der Waals surface area contributed by atoms with Gasteiger partial charge in [-0.05, 0) is 29.7 Å². The molecule has 0 bridgehead atoms. The molecule has 2 rings (SSSR count). The minimum atomic E-state index is 0.0692. The second-order valence-electron chi connectivity index (χ2n) is 4.63. The molecule has 0 unspecified atom stereocenters. The summed E-state index contributed by atoms with van der Waals surface area (Å²) in [5.41, 5.74) is 2.95. The number of benzene rings is 1. The number of amides is 1. The summed E-state index contributed by atoms with van der Waals surface area (Å²) < 4.78 is 5.11. The highest BCUT2D eigenvalue weighted by Gasteiger charge is 2.18. The van der Waals surface area contributed by atoms with E-state index in [0.717, 1.165) is 18.5 Å². The number of rotatable bonds is 4. The van der Waals surface area contributed by atoms with Gasteiger partial charge in [-0.25, -0.2) is 0 Å². The lowest BCUT2D eigenvalue weighted by Crippen LogP contribution is -2.35. The lowest BCUT2D eigenvalue weighted by atomic mass is 10.1. The van der Waals surface area contributed by atoms with Gasteiger partial charge < -0.3 is 9.64 Å². The lowest BCUT2D eigenvalue weighted by Gasteiger charge is -2.26. The smallest absolute Gasteiger partial charge is 0.254 e. The molecule has 1 amide bonds. The number of alkyl halides is 1. The van der Waals surface area contributed by atoms with Gasteiger partial charge >= 0.3 is 0 Å². The Morgan fingerprint density at radius 3 is 2.95 bits per heavy atom. The van der Waals surface area contributed by atoms with E-state index >= 15 is 0 Å². The van der Waals surface area contributed by atoms with E-state index in [1.165, 1.54) is 5.57 Å². The second kappa shape index (κ2) is 6.73. The summed E-state index contributed by atoms with van der Waals surface area (Å²) in [4.78, 5) is 14.2. The molecule has 0 atom stereocenters. The van der Waals surface area contributed by atoms with Gasteiger partial charge in [-0.15, -0.1) is 11.6 Å². The molecule has 1 aliphatic rings. The first-order chi connectivity index (χ1) is 9.24. The normalized spacial score (nSPS) is 15.3. The van der Waals surface area contributed by atoms with Crippen LogP contribution in [0.3, 0.4) is 0 Å². The van der Waals surface area contributed by atoms with Crippen molar-refractivity contribution in [3.63, 3.8) is 0 Å². The summed E-state index contributed by atoms with van der Waals surface area (Å²) in [6.45, 7) is 2.06. The maximum Gasteiger partial charge on any atom is 0.254 e. The van der Waals surface area contributed by atoms with Gasteiger partial charge in [-0.2, -0.15) is 0 Å². The summed E-state index contributed by atoms with van der Waals surface area (Å²) in [6, 6.07) is 7.51. The Bertz CT molecular complexity index is 485. The Kier molecular flexibility index (Phi) is 5.00. The van der Waals surface area contributed by atoms with E-state index in [1.54, 1.807) is 7.11 Å². The molecule has 102 valence electrons. The molecule has 0 radical (unpaired) electrons. The Labute approximate surface area is 118 Å². The molecular formula is C15H18ClNO2. The number of ether oxygens (including phenoxy) is 1. The zero-order valence-electron chi connectivity index (χ0n) is 11.1. The number of carbonyl (C=O) groups is 1. The van der Waals surface area contributed by atoms with Crippen molar-refractivity contribution in [2.75, 3.05) is 26.8 Å². The highest BCUT2D eigenvalue weighted by atomic mass is 35.5. The van der Waals surface area contributed by atoms with E-state index in [-0.39, 0.29) is 5.91 Å². The van der Waals surface area contributed by atoms with E-state index in [1.807, 2.05) is 29.2 Å². The fourth-order valence-electron chi connectivity index (χ4n) is 2.18. The summed E-state index contributed by atoms with van der Waals surface area (Å²) in [5.74, 6) is 0.499. The second-order valence-corrected chi connectivity index (χ2v) is 4.90. The zero-order chi connectivity index (χ0) is 13.7. The number of methoxy groups -OCH3 is 1. The van der Waals surface area contributed by atoms with Crippen molar-refractivity contribution in [1.82, 2.24) is 4.90 Å². The molecule has 0 spiro atoms. The third kappa shape index (κ3) is 3.58. The Balaban J connectivity index is 2.04. The quantitative estimate of drug-likeness (QED) is 0.627. The van der Waals surface area contributed by atoms with Gasteiger partial charge in [0.2, 0.25) is 0 Å². The number of hydrogen-bond acceptors (Lipinski definition) is 2. The van der Waals surface area contributed by atoms with Crippen molar-refractivity contribution >= 4 is 17.5 Å². The molecule has 0 aromatic heterocycles. The Hall–Kier alpha value is -1.32. The molecule has 19 heavy (non-hydrogen) atoms. The summed E-state index contributed by atoms with van der Waals surface area (Å²) in [7, 11) is 1.69. The molecule has 0 saturated carbocycles. The molecule has 1 aliphatic heterocycles. The van der Waals surface area contributed by atoms with Crippen LogP contribution >= 0.6 is 11.6 Å². The Morgan fingerprint density at radius 1 is 1.47 bits per heavy atom. The van der Waals surface area contributed by atoms with E-state index in [4.69, 9.17) is 16.3 Å². The van der Waals surface area contributed by atoms with E-state index in [2.05, 4.69) is 6.08 Å². The SMILES string of the molecule is COCC1=CCN(C(=O)c2cccc(CCl)c2)CC1. The fraction of sp³-hybridized carbons (Fsp3) is 0.400. The summed E-state index contributed by atoms with van der Waals surface area (Å²) >= 11 is 5.79. The molecule has 1 heterocycles. The van der Waals surface area contributed by atoms with Crippen LogP contribution in [0, 0.1) is 0 Å². The highest BCUT2D eigenvalue weighted by molar-refractivity contribution is 6.17. The van der Waals surface area contributed by atoms with Gasteiger partial charge in [0.15, 0.2) is 0 Å². The molecule has 0 saturated heterocycles. The van der Waals surface area contributed by atoms with Crippen molar-refractivity contribution in [2.24, 2.45) is 0 Å². The van der Waals surface area contributed by atoms with Gasteiger partial charge in [-0.1, -0.05) is 18.2 Å². The van der Waals surface area contributed by atoms with Crippen LogP contribution < -0.4 is 0 Å². The van der Waals surface area contributed by atoms with Crippen molar-refractivity contribution in [1.29, 1.82) is 0 Å². The van der Waals surface area contributed by atoms with Crippen LogP contribution in [-0.2, 0) is 10.6 Å². The summed E-state index contributed by atoms with van der Waals surface area (Å²) in [5, 5.41) is 0. The van der Waals surface area contributed by atoms with Gasteiger partial charge in [0.05, 0.1) is 6.61 Å². The molecule has 0 fully saturated rings. The summed E-state index contributed by atoms with van der Waals surface area (Å²) in [6.07, 6.45) is 2.96. The molecular weight excluding hydrogens is 262 g/mol. The number of halogens is 1. The zero-order valence-corrected chi connectivity index (χ0v) is 11.8. The first-order valence-corrected chi connectivity index (χ1v) is 6.89. The van der Waals surface area contributed by atoms with Crippen LogP contribution in [-0.4, -0.2) is 37.6 Å². The lowest BCUT2D eigenvalue weighted by molar-refractivity contribution is 0.0765. The van der Waals surface area contributed by atoms with Crippen LogP contribution in [0.15, 0.2) is 35.9 Å². The monoisotopic (exact) mass is 279 g/mol.